The third kappa shape index (κ3) is 2.28. The molecule has 0 aromatic carbocycles. The number of carbonyl (C=O) groups is 1. The van der Waals surface area contributed by atoms with Gasteiger partial charge in [-0.1, -0.05) is 13.8 Å². The lowest BCUT2D eigenvalue weighted by Gasteiger charge is -2.37. The Kier molecular flexibility index (Phi) is 3.70. The normalized spacial score (nSPS) is 30.1. The fourth-order valence-corrected chi connectivity index (χ4v) is 3.61. The average Bonchev–Trinajstić information content (AvgIpc) is 2.80. The fourth-order valence-electron chi connectivity index (χ4n) is 3.61. The maximum Gasteiger partial charge on any atom is 0.237 e. The zero-order valence-electron chi connectivity index (χ0n) is 12.1. The highest BCUT2D eigenvalue weighted by atomic mass is 16.1. The molecule has 2 rings (SSSR count). The minimum absolute atomic E-state index is 0.203. The quantitative estimate of drug-likeness (QED) is 0.815. The van der Waals surface area contributed by atoms with Crippen LogP contribution in [0.25, 0.3) is 0 Å². The second kappa shape index (κ2) is 4.82. The van der Waals surface area contributed by atoms with E-state index in [-0.39, 0.29) is 5.91 Å². The smallest absolute Gasteiger partial charge is 0.237 e. The van der Waals surface area contributed by atoms with Gasteiger partial charge in [0.25, 0.3) is 0 Å². The highest BCUT2D eigenvalue weighted by molar-refractivity contribution is 5.83. The monoisotopic (exact) mass is 253 g/mol. The summed E-state index contributed by atoms with van der Waals surface area (Å²) < 4.78 is 0. The van der Waals surface area contributed by atoms with Crippen LogP contribution < -0.4 is 5.73 Å². The Morgan fingerprint density at radius 1 is 1.28 bits per heavy atom. The Morgan fingerprint density at radius 3 is 2.44 bits per heavy atom. The van der Waals surface area contributed by atoms with Crippen molar-refractivity contribution < 1.29 is 4.79 Å². The van der Waals surface area contributed by atoms with Gasteiger partial charge in [-0.3, -0.25) is 14.6 Å². The van der Waals surface area contributed by atoms with E-state index in [4.69, 9.17) is 5.73 Å². The highest BCUT2D eigenvalue weighted by Crippen LogP contribution is 2.36. The van der Waals surface area contributed by atoms with Crippen molar-refractivity contribution in [2.45, 2.75) is 58.2 Å². The molecule has 18 heavy (non-hydrogen) atoms. The standard InChI is InChI=1S/C14H27N3O/c1-10(2)9-16-7-5-12-11(16)6-8-17(12)14(3,4)13(15)18/h10-12H,5-9H2,1-4H3,(H2,15,18). The molecule has 2 aliphatic heterocycles. The molecule has 0 radical (unpaired) electrons. The van der Waals surface area contributed by atoms with Gasteiger partial charge in [-0.15, -0.1) is 0 Å². The van der Waals surface area contributed by atoms with Crippen LogP contribution in [-0.2, 0) is 4.79 Å². The lowest BCUT2D eigenvalue weighted by atomic mass is 9.99. The Hall–Kier alpha value is -0.610. The summed E-state index contributed by atoms with van der Waals surface area (Å²) in [6.45, 7) is 11.8. The zero-order valence-corrected chi connectivity index (χ0v) is 12.1. The molecular weight excluding hydrogens is 226 g/mol. The van der Waals surface area contributed by atoms with Gasteiger partial charge in [-0.2, -0.15) is 0 Å². The van der Waals surface area contributed by atoms with E-state index in [1.54, 1.807) is 0 Å². The van der Waals surface area contributed by atoms with Gasteiger partial charge in [-0.05, 0) is 32.6 Å². The number of amides is 1. The second-order valence-electron chi connectivity index (χ2n) is 6.72. The molecule has 2 unspecified atom stereocenters. The lowest BCUT2D eigenvalue weighted by Crippen LogP contribution is -2.56. The second-order valence-corrected chi connectivity index (χ2v) is 6.72. The molecule has 4 heteroatoms. The van der Waals surface area contributed by atoms with Crippen molar-refractivity contribution in [2.24, 2.45) is 11.7 Å². The summed E-state index contributed by atoms with van der Waals surface area (Å²) in [6, 6.07) is 1.15. The summed E-state index contributed by atoms with van der Waals surface area (Å²) in [5.41, 5.74) is 5.05. The molecule has 2 atom stereocenters. The topological polar surface area (TPSA) is 49.6 Å². The number of fused-ring (bicyclic) bond motifs is 1. The predicted molar refractivity (Wildman–Crippen MR) is 73.2 cm³/mol. The molecule has 2 N–H and O–H groups in total. The third-order valence-electron chi connectivity index (χ3n) is 4.61. The largest absolute Gasteiger partial charge is 0.368 e. The number of likely N-dealkylation sites (tertiary alicyclic amines) is 2. The molecule has 2 heterocycles. The van der Waals surface area contributed by atoms with Gasteiger partial charge >= 0.3 is 0 Å². The molecule has 2 aliphatic rings. The first-order valence-corrected chi connectivity index (χ1v) is 7.14. The van der Waals surface area contributed by atoms with E-state index >= 15 is 0 Å². The van der Waals surface area contributed by atoms with Crippen molar-refractivity contribution in [1.29, 1.82) is 0 Å². The van der Waals surface area contributed by atoms with E-state index in [9.17, 15) is 4.79 Å². The van der Waals surface area contributed by atoms with E-state index in [2.05, 4.69) is 23.6 Å². The van der Waals surface area contributed by atoms with Crippen LogP contribution in [-0.4, -0.2) is 53.0 Å². The SMILES string of the molecule is CC(C)CN1CCC2C1CCN2C(C)(C)C(N)=O. The van der Waals surface area contributed by atoms with E-state index < -0.39 is 5.54 Å². The zero-order chi connectivity index (χ0) is 13.5. The summed E-state index contributed by atoms with van der Waals surface area (Å²) >= 11 is 0. The van der Waals surface area contributed by atoms with E-state index in [1.807, 2.05) is 13.8 Å². The molecule has 0 bridgehead atoms. The summed E-state index contributed by atoms with van der Waals surface area (Å²) in [4.78, 5) is 16.6. The fraction of sp³-hybridized carbons (Fsp3) is 0.929. The number of hydrogen-bond donors (Lipinski definition) is 1. The van der Waals surface area contributed by atoms with Crippen LogP contribution in [0.1, 0.15) is 40.5 Å². The van der Waals surface area contributed by atoms with Crippen molar-refractivity contribution in [2.75, 3.05) is 19.6 Å². The van der Waals surface area contributed by atoms with Gasteiger partial charge in [0.15, 0.2) is 0 Å². The Labute approximate surface area is 110 Å². The minimum Gasteiger partial charge on any atom is -0.368 e. The Morgan fingerprint density at radius 2 is 1.89 bits per heavy atom. The van der Waals surface area contributed by atoms with Crippen LogP contribution in [0.4, 0.5) is 0 Å². The first kappa shape index (κ1) is 13.8. The number of nitrogens with zero attached hydrogens (tertiary/aromatic N) is 2. The Bertz CT molecular complexity index is 327. The third-order valence-corrected chi connectivity index (χ3v) is 4.61. The van der Waals surface area contributed by atoms with Crippen molar-refractivity contribution >= 4 is 5.91 Å². The number of rotatable bonds is 4. The number of primary amides is 1. The van der Waals surface area contributed by atoms with Gasteiger partial charge in [0.1, 0.15) is 0 Å². The van der Waals surface area contributed by atoms with Gasteiger partial charge in [-0.25, -0.2) is 0 Å². The first-order chi connectivity index (χ1) is 8.34. The molecule has 4 nitrogen and oxygen atoms in total. The van der Waals surface area contributed by atoms with Gasteiger partial charge in [0.05, 0.1) is 5.54 Å². The molecular formula is C14H27N3O. The summed E-state index contributed by atoms with van der Waals surface area (Å²) in [6.07, 6.45) is 2.35. The van der Waals surface area contributed by atoms with E-state index in [0.29, 0.717) is 18.0 Å². The van der Waals surface area contributed by atoms with Crippen molar-refractivity contribution in [3.8, 4) is 0 Å². The maximum absolute atomic E-state index is 11.6. The van der Waals surface area contributed by atoms with Gasteiger partial charge < -0.3 is 5.73 Å². The van der Waals surface area contributed by atoms with Crippen LogP contribution >= 0.6 is 0 Å². The number of carbonyl (C=O) groups excluding carboxylic acids is 1. The molecule has 0 aliphatic carbocycles. The lowest BCUT2D eigenvalue weighted by molar-refractivity contribution is -0.128. The van der Waals surface area contributed by atoms with Crippen molar-refractivity contribution in [3.05, 3.63) is 0 Å². The summed E-state index contributed by atoms with van der Waals surface area (Å²) in [5, 5.41) is 0. The maximum atomic E-state index is 11.6. The molecule has 0 saturated carbocycles. The molecule has 1 amide bonds. The van der Waals surface area contributed by atoms with Crippen molar-refractivity contribution in [1.82, 2.24) is 9.80 Å². The average molecular weight is 253 g/mol. The Balaban J connectivity index is 2.07. The van der Waals surface area contributed by atoms with Crippen molar-refractivity contribution in [3.63, 3.8) is 0 Å². The minimum atomic E-state index is -0.507. The molecule has 0 spiro atoms. The van der Waals surface area contributed by atoms with E-state index in [0.717, 1.165) is 6.54 Å². The van der Waals surface area contributed by atoms with Crippen LogP contribution in [0, 0.1) is 5.92 Å². The molecule has 104 valence electrons. The molecule has 2 saturated heterocycles. The molecule has 2 fully saturated rings. The summed E-state index contributed by atoms with van der Waals surface area (Å²) in [5.74, 6) is 0.507. The molecule has 0 aromatic heterocycles. The van der Waals surface area contributed by atoms with Crippen LogP contribution in [0.15, 0.2) is 0 Å². The summed E-state index contributed by atoms with van der Waals surface area (Å²) in [7, 11) is 0. The predicted octanol–water partition coefficient (Wildman–Crippen LogP) is 1.05. The van der Waals surface area contributed by atoms with Crippen LogP contribution in [0.2, 0.25) is 0 Å². The van der Waals surface area contributed by atoms with Gasteiger partial charge in [0.2, 0.25) is 5.91 Å². The number of hydrogen-bond acceptors (Lipinski definition) is 3. The first-order valence-electron chi connectivity index (χ1n) is 7.14. The van der Waals surface area contributed by atoms with Crippen LogP contribution in [0.5, 0.6) is 0 Å². The molecule has 0 aromatic rings. The van der Waals surface area contributed by atoms with E-state index in [1.165, 1.54) is 25.9 Å². The number of nitrogens with two attached hydrogens (primary N) is 1. The van der Waals surface area contributed by atoms with Gasteiger partial charge in [0, 0.05) is 31.7 Å². The highest BCUT2D eigenvalue weighted by Gasteiger charge is 2.48. The van der Waals surface area contributed by atoms with Crippen LogP contribution in [0.3, 0.4) is 0 Å².